The quantitative estimate of drug-likeness (QED) is 0.297. The molecule has 0 spiro atoms. The van der Waals surface area contributed by atoms with Gasteiger partial charge in [0.15, 0.2) is 11.7 Å². The maximum Gasteiger partial charge on any atom is 0.306 e. The summed E-state index contributed by atoms with van der Waals surface area (Å²) in [6.45, 7) is -0.0193. The van der Waals surface area contributed by atoms with Gasteiger partial charge in [0.1, 0.15) is 5.75 Å². The number of hydrogen-bond acceptors (Lipinski definition) is 6. The fraction of sp³-hybridized carbons (Fsp3) is 0.238. The van der Waals surface area contributed by atoms with Crippen molar-refractivity contribution in [1.29, 1.82) is 0 Å². The number of hydrazine groups is 1. The third-order valence-electron chi connectivity index (χ3n) is 3.80. The topological polar surface area (TPSA) is 106 Å². The van der Waals surface area contributed by atoms with Crippen molar-refractivity contribution < 1.29 is 23.9 Å². The largest absolute Gasteiger partial charge is 0.484 e. The van der Waals surface area contributed by atoms with Gasteiger partial charge in [-0.05, 0) is 42.0 Å². The highest BCUT2D eigenvalue weighted by atomic mass is 35.5. The minimum Gasteiger partial charge on any atom is -0.484 e. The fourth-order valence-corrected chi connectivity index (χ4v) is 2.57. The lowest BCUT2D eigenvalue weighted by Gasteiger charge is -2.11. The molecule has 2 aromatic carbocycles. The number of esters is 1. The molecule has 2 rings (SSSR count). The van der Waals surface area contributed by atoms with Gasteiger partial charge in [-0.25, -0.2) is 0 Å². The van der Waals surface area contributed by atoms with Crippen LogP contribution in [0.2, 0.25) is 5.02 Å². The van der Waals surface area contributed by atoms with Gasteiger partial charge in [0.05, 0.1) is 13.0 Å². The Hall–Kier alpha value is -3.17. The lowest BCUT2D eigenvalue weighted by molar-refractivity contribution is -0.144. The van der Waals surface area contributed by atoms with Gasteiger partial charge in [-0.2, -0.15) is 0 Å². The maximum atomic E-state index is 11.8. The Labute approximate surface area is 190 Å². The molecule has 10 heteroatoms. The van der Waals surface area contributed by atoms with E-state index in [9.17, 15) is 14.4 Å². The molecule has 0 aliphatic heterocycles. The Kier molecular flexibility index (Phi) is 10.3. The van der Waals surface area contributed by atoms with Crippen molar-refractivity contribution in [1.82, 2.24) is 16.2 Å². The van der Waals surface area contributed by atoms with Crippen LogP contribution in [-0.4, -0.2) is 36.1 Å². The van der Waals surface area contributed by atoms with Crippen LogP contribution in [0.15, 0.2) is 54.6 Å². The molecular weight excluding hydrogens is 442 g/mol. The normalized spacial score (nSPS) is 9.97. The number of halogens is 1. The van der Waals surface area contributed by atoms with Crippen molar-refractivity contribution in [2.75, 3.05) is 13.2 Å². The Balaban J connectivity index is 1.54. The molecule has 0 bridgehead atoms. The number of carbonyl (C=O) groups excluding carboxylic acids is 3. The highest BCUT2D eigenvalue weighted by Gasteiger charge is 2.10. The molecule has 0 aliphatic carbocycles. The Bertz CT molecular complexity index is 894. The van der Waals surface area contributed by atoms with Crippen LogP contribution in [0, 0.1) is 0 Å². The van der Waals surface area contributed by atoms with Gasteiger partial charge in [0, 0.05) is 17.9 Å². The lowest BCUT2D eigenvalue weighted by Crippen LogP contribution is -2.49. The molecule has 0 heterocycles. The zero-order chi connectivity index (χ0) is 22.5. The minimum atomic E-state index is -0.506. The number of benzene rings is 2. The van der Waals surface area contributed by atoms with E-state index in [1.54, 1.807) is 24.3 Å². The van der Waals surface area contributed by atoms with E-state index in [-0.39, 0.29) is 31.2 Å². The summed E-state index contributed by atoms with van der Waals surface area (Å²) >= 11 is 10.7. The number of rotatable bonds is 9. The van der Waals surface area contributed by atoms with Gasteiger partial charge >= 0.3 is 5.97 Å². The molecule has 0 saturated carbocycles. The molecule has 164 valence electrons. The van der Waals surface area contributed by atoms with Crippen LogP contribution < -0.4 is 20.9 Å². The highest BCUT2D eigenvalue weighted by Crippen LogP contribution is 2.15. The summed E-state index contributed by atoms with van der Waals surface area (Å²) in [5.41, 5.74) is 5.73. The van der Waals surface area contributed by atoms with Crippen LogP contribution in [0.5, 0.6) is 5.75 Å². The second-order valence-electron chi connectivity index (χ2n) is 6.25. The van der Waals surface area contributed by atoms with Gasteiger partial charge < -0.3 is 14.8 Å². The molecule has 0 fully saturated rings. The number of thiocarbonyl (C=S) groups is 1. The zero-order valence-corrected chi connectivity index (χ0v) is 18.1. The first-order valence-electron chi connectivity index (χ1n) is 9.39. The van der Waals surface area contributed by atoms with E-state index in [1.165, 1.54) is 0 Å². The predicted octanol–water partition coefficient (Wildman–Crippen LogP) is 2.31. The van der Waals surface area contributed by atoms with Crippen LogP contribution in [0.4, 0.5) is 0 Å². The van der Waals surface area contributed by atoms with Gasteiger partial charge in [0.25, 0.3) is 5.91 Å². The van der Waals surface area contributed by atoms with Gasteiger partial charge in [-0.15, -0.1) is 0 Å². The van der Waals surface area contributed by atoms with E-state index in [0.29, 0.717) is 17.2 Å². The van der Waals surface area contributed by atoms with Crippen molar-refractivity contribution in [2.45, 2.75) is 19.3 Å². The van der Waals surface area contributed by atoms with Crippen molar-refractivity contribution in [2.24, 2.45) is 0 Å². The Morgan fingerprint density at radius 1 is 0.903 bits per heavy atom. The minimum absolute atomic E-state index is 0.0788. The van der Waals surface area contributed by atoms with Crippen LogP contribution in [-0.2, 0) is 25.5 Å². The zero-order valence-electron chi connectivity index (χ0n) is 16.6. The second kappa shape index (κ2) is 13.2. The molecule has 3 N–H and O–H groups in total. The number of carbonyl (C=O) groups is 3. The Morgan fingerprint density at radius 2 is 1.61 bits per heavy atom. The molecule has 31 heavy (non-hydrogen) atoms. The van der Waals surface area contributed by atoms with Crippen LogP contribution in [0.3, 0.4) is 0 Å². The third-order valence-corrected chi connectivity index (χ3v) is 4.26. The number of amides is 2. The predicted molar refractivity (Wildman–Crippen MR) is 119 cm³/mol. The van der Waals surface area contributed by atoms with Crippen molar-refractivity contribution in [3.05, 3.63) is 65.2 Å². The van der Waals surface area contributed by atoms with Crippen LogP contribution in [0.25, 0.3) is 0 Å². The average Bonchev–Trinajstić information content (AvgIpc) is 2.76. The summed E-state index contributed by atoms with van der Waals surface area (Å²) in [5, 5.41) is 2.80. The molecule has 0 saturated heterocycles. The standard InChI is InChI=1S/C21H22ClN3O5S/c22-16-6-8-17(9-7-16)30-14-19(27)24-25-21(31)23-18(26)10-11-20(28)29-13-12-15-4-2-1-3-5-15/h1-9H,10-14H2,(H,24,27)(H2,23,25,26,31). The monoisotopic (exact) mass is 463 g/mol. The summed E-state index contributed by atoms with van der Waals surface area (Å²) < 4.78 is 10.4. The molecule has 0 atom stereocenters. The molecular formula is C21H22ClN3O5S. The average molecular weight is 464 g/mol. The van der Waals surface area contributed by atoms with Crippen LogP contribution >= 0.6 is 23.8 Å². The van der Waals surface area contributed by atoms with Gasteiger partial charge in [0.2, 0.25) is 5.91 Å². The number of ether oxygens (including phenoxy) is 2. The molecule has 0 aromatic heterocycles. The molecule has 0 aliphatic rings. The Morgan fingerprint density at radius 3 is 2.32 bits per heavy atom. The SMILES string of the molecule is O=C(COc1ccc(Cl)cc1)NNC(=S)NC(=O)CCC(=O)OCCc1ccccc1. The summed E-state index contributed by atoms with van der Waals surface area (Å²) in [5.74, 6) is -0.985. The lowest BCUT2D eigenvalue weighted by atomic mass is 10.2. The van der Waals surface area contributed by atoms with E-state index in [0.717, 1.165) is 5.56 Å². The van der Waals surface area contributed by atoms with Gasteiger partial charge in [-0.3, -0.25) is 25.2 Å². The van der Waals surface area contributed by atoms with E-state index in [4.69, 9.17) is 33.3 Å². The van der Waals surface area contributed by atoms with E-state index in [2.05, 4.69) is 16.2 Å². The van der Waals surface area contributed by atoms with E-state index >= 15 is 0 Å². The number of hydrogen-bond donors (Lipinski definition) is 3. The van der Waals surface area contributed by atoms with Crippen molar-refractivity contribution in [3.8, 4) is 5.75 Å². The maximum absolute atomic E-state index is 11.8. The molecule has 2 aromatic rings. The first-order chi connectivity index (χ1) is 14.9. The van der Waals surface area contributed by atoms with Crippen LogP contribution in [0.1, 0.15) is 18.4 Å². The van der Waals surface area contributed by atoms with Crippen molar-refractivity contribution in [3.63, 3.8) is 0 Å². The fourth-order valence-electron chi connectivity index (χ4n) is 2.28. The van der Waals surface area contributed by atoms with E-state index in [1.807, 2.05) is 30.3 Å². The van der Waals surface area contributed by atoms with Gasteiger partial charge in [-0.1, -0.05) is 41.9 Å². The second-order valence-corrected chi connectivity index (χ2v) is 7.09. The summed E-state index contributed by atoms with van der Waals surface area (Å²) in [7, 11) is 0. The molecule has 0 unspecified atom stereocenters. The highest BCUT2D eigenvalue weighted by molar-refractivity contribution is 7.80. The first kappa shape index (κ1) is 24.1. The number of nitrogens with one attached hydrogen (secondary N) is 3. The molecule has 2 amide bonds. The molecule has 8 nitrogen and oxygen atoms in total. The summed E-state index contributed by atoms with van der Waals surface area (Å²) in [6, 6.07) is 16.1. The summed E-state index contributed by atoms with van der Waals surface area (Å²) in [4.78, 5) is 35.3. The van der Waals surface area contributed by atoms with E-state index < -0.39 is 17.8 Å². The smallest absolute Gasteiger partial charge is 0.306 e. The summed E-state index contributed by atoms with van der Waals surface area (Å²) in [6.07, 6.45) is 0.429. The molecule has 0 radical (unpaired) electrons. The first-order valence-corrected chi connectivity index (χ1v) is 10.2. The van der Waals surface area contributed by atoms with Crippen molar-refractivity contribution >= 4 is 46.7 Å². The third kappa shape index (κ3) is 10.4.